The Morgan fingerprint density at radius 3 is 2.52 bits per heavy atom. The number of nitrogens with two attached hydrogens (primary N) is 1. The number of non-ortho nitro benzene ring substituents is 1. The highest BCUT2D eigenvalue weighted by Gasteiger charge is 2.60. The number of nitrogens with one attached hydrogen (secondary N) is 1. The zero-order chi connectivity index (χ0) is 35.0. The van der Waals surface area contributed by atoms with E-state index in [-0.39, 0.29) is 52.5 Å². The van der Waals surface area contributed by atoms with Crippen LogP contribution < -0.4 is 11.1 Å². The van der Waals surface area contributed by atoms with Gasteiger partial charge in [-0.1, -0.05) is 6.92 Å². The van der Waals surface area contributed by atoms with Crippen LogP contribution in [0.25, 0.3) is 0 Å². The predicted molar refractivity (Wildman–Crippen MR) is 173 cm³/mol. The molecule has 16 nitrogen and oxygen atoms in total. The van der Waals surface area contributed by atoms with Crippen LogP contribution in [-0.4, -0.2) is 123 Å². The first-order valence-corrected chi connectivity index (χ1v) is 16.5. The summed E-state index contributed by atoms with van der Waals surface area (Å²) >= 11 is 1.36. The number of ether oxygens (including phenoxy) is 1. The fourth-order valence-electron chi connectivity index (χ4n) is 6.84. The van der Waals surface area contributed by atoms with Crippen LogP contribution in [-0.2, 0) is 23.9 Å². The largest absolute Gasteiger partial charge is 0.393 e. The number of aliphatic imine (C=N–C) groups is 1. The van der Waals surface area contributed by atoms with E-state index in [4.69, 9.17) is 10.5 Å². The van der Waals surface area contributed by atoms with Gasteiger partial charge in [0.25, 0.3) is 5.69 Å². The minimum atomic E-state index is -1.04. The smallest absolute Gasteiger partial charge is 0.363 e. The summed E-state index contributed by atoms with van der Waals surface area (Å²) in [5, 5.41) is 24.1. The van der Waals surface area contributed by atoms with Gasteiger partial charge in [0.05, 0.1) is 40.4 Å². The number of aliphatic hydroxyl groups excluding tert-OH is 1. The second-order valence-electron chi connectivity index (χ2n) is 12.7. The lowest BCUT2D eigenvalue weighted by Gasteiger charge is -2.46. The number of nitro benzene ring substituents is 1. The average Bonchev–Trinajstić information content (AvgIpc) is 3.70. The van der Waals surface area contributed by atoms with Crippen LogP contribution in [0.4, 0.5) is 5.69 Å². The molecule has 1 aromatic carbocycles. The van der Waals surface area contributed by atoms with Gasteiger partial charge in [0.2, 0.25) is 17.7 Å². The van der Waals surface area contributed by atoms with Crippen LogP contribution in [0, 0.1) is 22.0 Å². The third-order valence-corrected chi connectivity index (χ3v) is 10.7. The first-order valence-electron chi connectivity index (χ1n) is 15.7. The number of amidine groups is 1. The van der Waals surface area contributed by atoms with Crippen molar-refractivity contribution in [1.29, 1.82) is 0 Å². The SMILES string of the molecule is CC(N)=NCC(=O)NC1CCN(C(=O)C2C[C@H](SC3=C(C(=O)OC(=O)c4ccc([N+](=O)[O-])cc4)N4C(=O)[C@H]([C@@H](C)O)[C@H]4[C@H]3C)CN2C)C1. The number of carbonyl (C=O) groups excluding carboxylic acids is 5. The summed E-state index contributed by atoms with van der Waals surface area (Å²) < 4.78 is 5.18. The minimum Gasteiger partial charge on any atom is -0.393 e. The van der Waals surface area contributed by atoms with E-state index in [0.29, 0.717) is 43.2 Å². The number of benzene rings is 1. The van der Waals surface area contributed by atoms with E-state index in [1.807, 2.05) is 18.9 Å². The number of amides is 3. The molecule has 0 saturated carbocycles. The monoisotopic (exact) mass is 685 g/mol. The first kappa shape index (κ1) is 35.0. The number of hydrogen-bond donors (Lipinski definition) is 3. The number of rotatable bonds is 10. The molecule has 0 bridgehead atoms. The zero-order valence-electron chi connectivity index (χ0n) is 27.0. The Hall–Kier alpha value is -4.35. The standard InChI is InChI=1S/C31H39N7O9S/c1-15-25-24(16(2)39)29(42)37(25)26(31(44)47-30(43)18-5-7-20(8-6-18)38(45)46)27(15)48-21-11-22(35(4)14-21)28(41)36-10-9-19(13-36)34-23(40)12-33-17(3)32/h5-8,15-16,19,21-22,24-25,39H,9-14H2,1-4H3,(H2,32,33)(H,34,40)/t15-,16-,19?,21+,22?,24-,25-/m1/s1. The van der Waals surface area contributed by atoms with Gasteiger partial charge < -0.3 is 30.7 Å². The number of carbonyl (C=O) groups is 5. The van der Waals surface area contributed by atoms with Gasteiger partial charge in [0, 0.05) is 53.9 Å². The summed E-state index contributed by atoms with van der Waals surface area (Å²) in [7, 11) is 1.84. The number of thioether (sulfide) groups is 1. The summed E-state index contributed by atoms with van der Waals surface area (Å²) in [6, 6.07) is 3.44. The molecule has 4 N–H and O–H groups in total. The highest BCUT2D eigenvalue weighted by molar-refractivity contribution is 8.03. The van der Waals surface area contributed by atoms with Crippen LogP contribution in [0.2, 0.25) is 0 Å². The van der Waals surface area contributed by atoms with Crippen LogP contribution in [0.15, 0.2) is 39.9 Å². The maximum atomic E-state index is 13.6. The molecule has 4 aliphatic rings. The van der Waals surface area contributed by atoms with E-state index in [1.165, 1.54) is 35.7 Å². The molecule has 48 heavy (non-hydrogen) atoms. The molecule has 4 aliphatic heterocycles. The van der Waals surface area contributed by atoms with Crippen molar-refractivity contribution in [2.24, 2.45) is 22.6 Å². The highest BCUT2D eigenvalue weighted by atomic mass is 32.2. The maximum absolute atomic E-state index is 13.6. The van der Waals surface area contributed by atoms with E-state index < -0.39 is 46.9 Å². The second kappa shape index (κ2) is 14.0. The number of aliphatic hydroxyl groups is 1. The number of fused-ring (bicyclic) bond motifs is 1. The molecule has 3 saturated heterocycles. The van der Waals surface area contributed by atoms with Crippen molar-refractivity contribution in [1.82, 2.24) is 20.0 Å². The minimum absolute atomic E-state index is 0.0666. The maximum Gasteiger partial charge on any atom is 0.363 e. The Labute approximate surface area is 280 Å². The van der Waals surface area contributed by atoms with Gasteiger partial charge in [-0.05, 0) is 45.9 Å². The molecule has 0 aromatic heterocycles. The van der Waals surface area contributed by atoms with E-state index in [0.717, 1.165) is 12.1 Å². The molecule has 2 unspecified atom stereocenters. The van der Waals surface area contributed by atoms with Crippen molar-refractivity contribution in [2.75, 3.05) is 33.2 Å². The lowest BCUT2D eigenvalue weighted by Crippen LogP contribution is -2.63. The number of esters is 2. The second-order valence-corrected chi connectivity index (χ2v) is 14.0. The Morgan fingerprint density at radius 1 is 1.21 bits per heavy atom. The third-order valence-electron chi connectivity index (χ3n) is 9.23. The summed E-state index contributed by atoms with van der Waals surface area (Å²) in [5.74, 6) is -3.64. The molecule has 3 amide bonds. The summed E-state index contributed by atoms with van der Waals surface area (Å²) in [4.78, 5) is 85.1. The topological polar surface area (TPSA) is 218 Å². The molecule has 0 aliphatic carbocycles. The number of nitro groups is 1. The lowest BCUT2D eigenvalue weighted by molar-refractivity contribution is -0.384. The van der Waals surface area contributed by atoms with Gasteiger partial charge in [0.15, 0.2) is 0 Å². The van der Waals surface area contributed by atoms with Gasteiger partial charge in [-0.25, -0.2) is 9.59 Å². The average molecular weight is 686 g/mol. The lowest BCUT2D eigenvalue weighted by atomic mass is 9.79. The quantitative estimate of drug-likeness (QED) is 0.0574. The van der Waals surface area contributed by atoms with Crippen LogP contribution in [0.3, 0.4) is 0 Å². The van der Waals surface area contributed by atoms with E-state index in [2.05, 4.69) is 10.3 Å². The highest BCUT2D eigenvalue weighted by Crippen LogP contribution is 2.52. The number of nitrogens with zero attached hydrogens (tertiary/aromatic N) is 5. The van der Waals surface area contributed by atoms with Crippen LogP contribution in [0.1, 0.15) is 44.0 Å². The summed E-state index contributed by atoms with van der Waals surface area (Å²) in [6.45, 7) is 6.25. The number of β-lactam (4-membered cyclic amide) rings is 1. The number of hydrogen-bond acceptors (Lipinski definition) is 12. The van der Waals surface area contributed by atoms with E-state index in [1.54, 1.807) is 11.8 Å². The van der Waals surface area contributed by atoms with Gasteiger partial charge in [-0.2, -0.15) is 0 Å². The Morgan fingerprint density at radius 2 is 1.90 bits per heavy atom. The van der Waals surface area contributed by atoms with Gasteiger partial charge >= 0.3 is 11.9 Å². The van der Waals surface area contributed by atoms with Crippen molar-refractivity contribution in [3.05, 3.63) is 50.5 Å². The molecule has 5 rings (SSSR count). The zero-order valence-corrected chi connectivity index (χ0v) is 27.8. The fraction of sp³-hybridized carbons (Fsp3) is 0.548. The molecular formula is C31H39N7O9S. The molecule has 3 fully saturated rings. The van der Waals surface area contributed by atoms with Crippen molar-refractivity contribution in [3.63, 3.8) is 0 Å². The molecule has 17 heteroatoms. The number of likely N-dealkylation sites (tertiary alicyclic amines) is 2. The Kier molecular flexibility index (Phi) is 10.2. The van der Waals surface area contributed by atoms with E-state index in [9.17, 15) is 39.2 Å². The van der Waals surface area contributed by atoms with Gasteiger partial charge in [-0.3, -0.25) is 34.4 Å². The third kappa shape index (κ3) is 6.93. The van der Waals surface area contributed by atoms with E-state index >= 15 is 0 Å². The predicted octanol–water partition coefficient (Wildman–Crippen LogP) is 0.247. The molecule has 258 valence electrons. The molecular weight excluding hydrogens is 646 g/mol. The molecule has 1 aromatic rings. The molecule has 7 atom stereocenters. The first-order chi connectivity index (χ1) is 22.7. The Balaban J connectivity index is 1.28. The van der Waals surface area contributed by atoms with Crippen molar-refractivity contribution >= 4 is 52.9 Å². The normalized spacial score (nSPS) is 27.9. The van der Waals surface area contributed by atoms with Crippen molar-refractivity contribution < 1.29 is 38.7 Å². The fourth-order valence-corrected chi connectivity index (χ4v) is 8.44. The van der Waals surface area contributed by atoms with Gasteiger partial charge in [0.1, 0.15) is 12.2 Å². The van der Waals surface area contributed by atoms with Crippen LogP contribution in [0.5, 0.6) is 0 Å². The summed E-state index contributed by atoms with van der Waals surface area (Å²) in [6.07, 6.45) is 0.106. The molecule has 0 spiro atoms. The molecule has 0 radical (unpaired) electrons. The Bertz CT molecular complexity index is 1580. The van der Waals surface area contributed by atoms with Crippen molar-refractivity contribution in [3.8, 4) is 0 Å². The van der Waals surface area contributed by atoms with Gasteiger partial charge in [-0.15, -0.1) is 11.8 Å². The number of likely N-dealkylation sites (N-methyl/N-ethyl adjacent to an activating group) is 1. The van der Waals surface area contributed by atoms with Crippen LogP contribution >= 0.6 is 11.8 Å². The van der Waals surface area contributed by atoms with Crippen molar-refractivity contribution in [2.45, 2.75) is 63.1 Å². The summed E-state index contributed by atoms with van der Waals surface area (Å²) in [5.41, 5.74) is 5.12. The molecule has 4 heterocycles.